The molecule has 0 atom stereocenters. The van der Waals surface area contributed by atoms with Gasteiger partial charge in [-0.05, 0) is 31.2 Å². The highest BCUT2D eigenvalue weighted by atomic mass is 32.1. The molecule has 1 saturated heterocycles. The summed E-state index contributed by atoms with van der Waals surface area (Å²) < 4.78 is 1.86. The third-order valence-electron chi connectivity index (χ3n) is 6.14. The lowest BCUT2D eigenvalue weighted by molar-refractivity contribution is 0.136. The zero-order valence-electron chi connectivity index (χ0n) is 17.3. The minimum Gasteiger partial charge on any atom is -0.297 e. The lowest BCUT2D eigenvalue weighted by Gasteiger charge is -2.33. The second-order valence-electron chi connectivity index (χ2n) is 8.27. The minimum atomic E-state index is 0.0964. The first-order chi connectivity index (χ1) is 14.8. The van der Waals surface area contributed by atoms with E-state index < -0.39 is 0 Å². The SMILES string of the molecule is O=c1cc(CN2CCN(CC=Cc3ccccc3)CC2)nc2sc3c(n12)CCCC3. The molecule has 1 aromatic carbocycles. The van der Waals surface area contributed by atoms with E-state index in [-0.39, 0.29) is 5.56 Å². The molecule has 2 aliphatic rings. The topological polar surface area (TPSA) is 40.9 Å². The summed E-state index contributed by atoms with van der Waals surface area (Å²) in [6, 6.07) is 12.2. The smallest absolute Gasteiger partial charge is 0.259 e. The molecule has 2 aromatic heterocycles. The van der Waals surface area contributed by atoms with Gasteiger partial charge in [0, 0.05) is 55.9 Å². The number of fused-ring (bicyclic) bond motifs is 3. The highest BCUT2D eigenvalue weighted by Crippen LogP contribution is 2.28. The lowest BCUT2D eigenvalue weighted by atomic mass is 10.0. The van der Waals surface area contributed by atoms with Crippen LogP contribution in [0.2, 0.25) is 0 Å². The number of rotatable bonds is 5. The van der Waals surface area contributed by atoms with Gasteiger partial charge in [-0.15, -0.1) is 11.3 Å². The molecule has 0 radical (unpaired) electrons. The molecule has 3 heterocycles. The molecule has 0 N–H and O–H groups in total. The van der Waals surface area contributed by atoms with Crippen molar-refractivity contribution in [1.82, 2.24) is 19.2 Å². The van der Waals surface area contributed by atoms with Crippen molar-refractivity contribution >= 4 is 22.4 Å². The van der Waals surface area contributed by atoms with Gasteiger partial charge in [0.1, 0.15) is 0 Å². The van der Waals surface area contributed by atoms with E-state index in [2.05, 4.69) is 46.2 Å². The van der Waals surface area contributed by atoms with Gasteiger partial charge >= 0.3 is 0 Å². The molecule has 1 aliphatic carbocycles. The first-order valence-electron chi connectivity index (χ1n) is 11.0. The van der Waals surface area contributed by atoms with Crippen molar-refractivity contribution in [3.63, 3.8) is 0 Å². The summed E-state index contributed by atoms with van der Waals surface area (Å²) in [5.74, 6) is 0. The van der Waals surface area contributed by atoms with Crippen LogP contribution in [-0.4, -0.2) is 51.9 Å². The molecule has 0 unspecified atom stereocenters. The minimum absolute atomic E-state index is 0.0964. The van der Waals surface area contributed by atoms with Gasteiger partial charge in [-0.25, -0.2) is 4.98 Å². The second-order valence-corrected chi connectivity index (χ2v) is 9.33. The van der Waals surface area contributed by atoms with E-state index in [9.17, 15) is 4.79 Å². The van der Waals surface area contributed by atoms with E-state index in [0.29, 0.717) is 0 Å². The van der Waals surface area contributed by atoms with Crippen molar-refractivity contribution in [2.24, 2.45) is 0 Å². The molecule has 156 valence electrons. The van der Waals surface area contributed by atoms with Crippen LogP contribution in [-0.2, 0) is 19.4 Å². The highest BCUT2D eigenvalue weighted by molar-refractivity contribution is 7.17. The zero-order valence-corrected chi connectivity index (χ0v) is 18.1. The van der Waals surface area contributed by atoms with Crippen molar-refractivity contribution in [3.05, 3.63) is 74.7 Å². The Labute approximate surface area is 181 Å². The molecule has 1 fully saturated rings. The molecule has 30 heavy (non-hydrogen) atoms. The van der Waals surface area contributed by atoms with E-state index in [0.717, 1.165) is 62.8 Å². The number of aryl methyl sites for hydroxylation is 2. The molecular weight excluding hydrogens is 392 g/mol. The number of hydrogen-bond acceptors (Lipinski definition) is 5. The largest absolute Gasteiger partial charge is 0.297 e. The Balaban J connectivity index is 1.19. The fraction of sp³-hybridized carbons (Fsp3) is 0.417. The van der Waals surface area contributed by atoms with Gasteiger partial charge in [0.15, 0.2) is 4.96 Å². The number of hydrogen-bond donors (Lipinski definition) is 0. The molecular formula is C24H28N4OS. The van der Waals surface area contributed by atoms with Crippen LogP contribution in [0, 0.1) is 0 Å². The Morgan fingerprint density at radius 2 is 1.77 bits per heavy atom. The van der Waals surface area contributed by atoms with Gasteiger partial charge in [0.25, 0.3) is 5.56 Å². The first-order valence-corrected chi connectivity index (χ1v) is 11.8. The Hall–Kier alpha value is -2.28. The first kappa shape index (κ1) is 19.7. The quantitative estimate of drug-likeness (QED) is 0.634. The van der Waals surface area contributed by atoms with E-state index in [1.54, 1.807) is 17.4 Å². The van der Waals surface area contributed by atoms with Gasteiger partial charge in [-0.1, -0.05) is 42.5 Å². The van der Waals surface area contributed by atoms with Crippen molar-refractivity contribution in [1.29, 1.82) is 0 Å². The Bertz CT molecular complexity index is 1090. The monoisotopic (exact) mass is 420 g/mol. The van der Waals surface area contributed by atoms with E-state index >= 15 is 0 Å². The van der Waals surface area contributed by atoms with Gasteiger partial charge < -0.3 is 0 Å². The summed E-state index contributed by atoms with van der Waals surface area (Å²) in [6.45, 7) is 5.88. The van der Waals surface area contributed by atoms with Gasteiger partial charge in [0.2, 0.25) is 0 Å². The molecule has 0 bridgehead atoms. The fourth-order valence-electron chi connectivity index (χ4n) is 4.48. The standard InChI is InChI=1S/C24H28N4OS/c29-23-17-20(25-24-28(23)21-10-4-5-11-22(21)30-24)18-27-15-13-26(14-16-27)12-6-9-19-7-2-1-3-8-19/h1-3,6-9,17H,4-5,10-16,18H2. The van der Waals surface area contributed by atoms with Crippen molar-refractivity contribution < 1.29 is 0 Å². The van der Waals surface area contributed by atoms with Crippen LogP contribution >= 0.6 is 11.3 Å². The molecule has 5 rings (SSSR count). The third-order valence-corrected chi connectivity index (χ3v) is 7.28. The summed E-state index contributed by atoms with van der Waals surface area (Å²) in [5.41, 5.74) is 3.47. The summed E-state index contributed by atoms with van der Waals surface area (Å²) in [4.78, 5) is 24.8. The summed E-state index contributed by atoms with van der Waals surface area (Å²) in [7, 11) is 0. The normalized spacial score (nSPS) is 18.3. The Morgan fingerprint density at radius 1 is 1.00 bits per heavy atom. The summed E-state index contributed by atoms with van der Waals surface area (Å²) >= 11 is 1.72. The fourth-order valence-corrected chi connectivity index (χ4v) is 5.72. The average Bonchev–Trinajstić information content (AvgIpc) is 3.14. The van der Waals surface area contributed by atoms with Crippen molar-refractivity contribution in [3.8, 4) is 0 Å². The van der Waals surface area contributed by atoms with Crippen LogP contribution in [0.15, 0.2) is 47.3 Å². The van der Waals surface area contributed by atoms with E-state index in [1.165, 1.54) is 29.0 Å². The van der Waals surface area contributed by atoms with Gasteiger partial charge in [-0.3, -0.25) is 19.0 Å². The third kappa shape index (κ3) is 4.26. The van der Waals surface area contributed by atoms with Crippen LogP contribution in [0.3, 0.4) is 0 Å². The maximum absolute atomic E-state index is 12.8. The maximum atomic E-state index is 12.8. The molecule has 6 heteroatoms. The van der Waals surface area contributed by atoms with Crippen LogP contribution in [0.1, 0.15) is 34.7 Å². The van der Waals surface area contributed by atoms with Crippen molar-refractivity contribution in [2.75, 3.05) is 32.7 Å². The van der Waals surface area contributed by atoms with E-state index in [4.69, 9.17) is 4.98 Å². The predicted molar refractivity (Wildman–Crippen MR) is 123 cm³/mol. The van der Waals surface area contributed by atoms with Gasteiger partial charge in [-0.2, -0.15) is 0 Å². The van der Waals surface area contributed by atoms with Crippen LogP contribution in [0.5, 0.6) is 0 Å². The van der Waals surface area contributed by atoms with Crippen LogP contribution in [0.25, 0.3) is 11.0 Å². The van der Waals surface area contributed by atoms with Gasteiger partial charge in [0.05, 0.1) is 5.69 Å². The molecule has 0 saturated carbocycles. The van der Waals surface area contributed by atoms with Crippen LogP contribution in [0.4, 0.5) is 0 Å². The van der Waals surface area contributed by atoms with Crippen LogP contribution < -0.4 is 5.56 Å². The molecule has 5 nitrogen and oxygen atoms in total. The Kier molecular flexibility index (Phi) is 5.79. The number of benzene rings is 1. The zero-order chi connectivity index (χ0) is 20.3. The molecule has 1 aliphatic heterocycles. The Morgan fingerprint density at radius 3 is 2.60 bits per heavy atom. The predicted octanol–water partition coefficient (Wildman–Crippen LogP) is 3.47. The number of piperazine rings is 1. The number of aromatic nitrogens is 2. The van der Waals surface area contributed by atoms with Crippen molar-refractivity contribution in [2.45, 2.75) is 32.2 Å². The highest BCUT2D eigenvalue weighted by Gasteiger charge is 2.20. The average molecular weight is 421 g/mol. The summed E-state index contributed by atoms with van der Waals surface area (Å²) in [6.07, 6.45) is 8.96. The number of nitrogens with zero attached hydrogens (tertiary/aromatic N) is 4. The molecule has 0 spiro atoms. The van der Waals surface area contributed by atoms with E-state index in [1.807, 2.05) is 10.5 Å². The molecule has 3 aromatic rings. The molecule has 0 amide bonds. The lowest BCUT2D eigenvalue weighted by Crippen LogP contribution is -2.46. The summed E-state index contributed by atoms with van der Waals surface area (Å²) in [5, 5.41) is 0. The second kappa shape index (κ2) is 8.84. The number of thiazole rings is 1. The maximum Gasteiger partial charge on any atom is 0.259 e.